The van der Waals surface area contributed by atoms with E-state index in [0.29, 0.717) is 27.7 Å². The lowest BCUT2D eigenvalue weighted by Crippen LogP contribution is -2.54. The number of hydrogen-bond acceptors (Lipinski definition) is 3. The molecular formula is C26H20Cl2N2O3. The van der Waals surface area contributed by atoms with Gasteiger partial charge in [-0.05, 0) is 78.4 Å². The molecule has 1 aliphatic rings. The Balaban J connectivity index is 1.78. The average Bonchev–Trinajstić information content (AvgIpc) is 2.77. The molecule has 3 aromatic carbocycles. The predicted molar refractivity (Wildman–Crippen MR) is 131 cm³/mol. The Labute approximate surface area is 201 Å². The summed E-state index contributed by atoms with van der Waals surface area (Å²) in [7, 11) is 0. The second-order valence-corrected chi connectivity index (χ2v) is 8.63. The van der Waals surface area contributed by atoms with Crippen LogP contribution in [0.25, 0.3) is 6.08 Å². The number of aryl methyl sites for hydroxylation is 1. The normalized spacial score (nSPS) is 15.2. The number of amides is 4. The Hall–Kier alpha value is -3.41. The third-order valence-corrected chi connectivity index (χ3v) is 6.27. The van der Waals surface area contributed by atoms with Gasteiger partial charge in [0, 0.05) is 10.0 Å². The lowest BCUT2D eigenvalue weighted by atomic mass is 9.97. The van der Waals surface area contributed by atoms with E-state index >= 15 is 0 Å². The van der Waals surface area contributed by atoms with Crippen LogP contribution < -0.4 is 10.2 Å². The minimum atomic E-state index is -0.779. The molecule has 3 aromatic rings. The van der Waals surface area contributed by atoms with Crippen LogP contribution in [-0.4, -0.2) is 17.8 Å². The molecule has 5 nitrogen and oxygen atoms in total. The van der Waals surface area contributed by atoms with Crippen LogP contribution in [0, 0.1) is 13.8 Å². The minimum absolute atomic E-state index is 0.154. The van der Waals surface area contributed by atoms with Crippen molar-refractivity contribution < 1.29 is 14.4 Å². The molecule has 7 heteroatoms. The number of urea groups is 1. The first-order valence-electron chi connectivity index (χ1n) is 10.3. The van der Waals surface area contributed by atoms with Crippen LogP contribution in [0.15, 0.2) is 66.2 Å². The Kier molecular flexibility index (Phi) is 6.36. The van der Waals surface area contributed by atoms with Crippen molar-refractivity contribution in [2.45, 2.75) is 20.3 Å². The van der Waals surface area contributed by atoms with E-state index in [1.807, 2.05) is 44.2 Å². The third-order valence-electron chi connectivity index (χ3n) is 5.67. The number of rotatable bonds is 4. The van der Waals surface area contributed by atoms with E-state index in [4.69, 9.17) is 23.2 Å². The molecular weight excluding hydrogens is 459 g/mol. The van der Waals surface area contributed by atoms with Gasteiger partial charge in [0.2, 0.25) is 0 Å². The van der Waals surface area contributed by atoms with Crippen LogP contribution in [0.4, 0.5) is 10.5 Å². The van der Waals surface area contributed by atoms with Crippen molar-refractivity contribution in [2.75, 3.05) is 4.90 Å². The second-order valence-electron chi connectivity index (χ2n) is 7.79. The number of benzene rings is 3. The van der Waals surface area contributed by atoms with Crippen molar-refractivity contribution in [2.24, 2.45) is 0 Å². The lowest BCUT2D eigenvalue weighted by molar-refractivity contribution is -0.122. The molecule has 1 fully saturated rings. The number of imide groups is 2. The molecule has 1 N–H and O–H groups in total. The maximum absolute atomic E-state index is 13.3. The van der Waals surface area contributed by atoms with E-state index in [0.717, 1.165) is 27.2 Å². The van der Waals surface area contributed by atoms with E-state index in [9.17, 15) is 14.4 Å². The lowest BCUT2D eigenvalue weighted by Gasteiger charge is -2.28. The zero-order chi connectivity index (χ0) is 23.7. The van der Waals surface area contributed by atoms with Gasteiger partial charge in [-0.1, -0.05) is 59.6 Å². The van der Waals surface area contributed by atoms with E-state index in [-0.39, 0.29) is 5.57 Å². The van der Waals surface area contributed by atoms with Crippen LogP contribution in [0.3, 0.4) is 0 Å². The minimum Gasteiger partial charge on any atom is -0.273 e. The van der Waals surface area contributed by atoms with Gasteiger partial charge in [0.05, 0.1) is 5.69 Å². The zero-order valence-corrected chi connectivity index (χ0v) is 19.5. The molecule has 0 saturated carbocycles. The van der Waals surface area contributed by atoms with Crippen molar-refractivity contribution in [3.8, 4) is 0 Å². The zero-order valence-electron chi connectivity index (χ0n) is 18.0. The molecule has 0 unspecified atom stereocenters. The molecule has 4 rings (SSSR count). The maximum atomic E-state index is 13.3. The Morgan fingerprint density at radius 1 is 0.909 bits per heavy atom. The van der Waals surface area contributed by atoms with E-state index in [2.05, 4.69) is 5.32 Å². The molecule has 0 aliphatic carbocycles. The first-order chi connectivity index (χ1) is 15.8. The summed E-state index contributed by atoms with van der Waals surface area (Å²) < 4.78 is 0. The second kappa shape index (κ2) is 9.22. The molecule has 4 amide bonds. The Morgan fingerprint density at radius 2 is 1.67 bits per heavy atom. The highest BCUT2D eigenvalue weighted by Crippen LogP contribution is 2.29. The van der Waals surface area contributed by atoms with Crippen LogP contribution in [-0.2, 0) is 16.0 Å². The first-order valence-corrected chi connectivity index (χ1v) is 11.0. The molecule has 0 bridgehead atoms. The number of barbiturate groups is 1. The van der Waals surface area contributed by atoms with Gasteiger partial charge in [0.25, 0.3) is 11.8 Å². The monoisotopic (exact) mass is 478 g/mol. The summed E-state index contributed by atoms with van der Waals surface area (Å²) in [6, 6.07) is 17.2. The highest BCUT2D eigenvalue weighted by Gasteiger charge is 2.37. The van der Waals surface area contributed by atoms with Gasteiger partial charge in [-0.2, -0.15) is 0 Å². The largest absolute Gasteiger partial charge is 0.335 e. The van der Waals surface area contributed by atoms with E-state index in [1.165, 1.54) is 6.08 Å². The van der Waals surface area contributed by atoms with Crippen molar-refractivity contribution in [3.05, 3.63) is 104 Å². The van der Waals surface area contributed by atoms with E-state index in [1.54, 1.807) is 30.3 Å². The average molecular weight is 479 g/mol. The van der Waals surface area contributed by atoms with Crippen LogP contribution in [0.5, 0.6) is 0 Å². The van der Waals surface area contributed by atoms with Gasteiger partial charge in [-0.25, -0.2) is 9.69 Å². The standard InChI is InChI=1S/C26H20Cl2N2O3/c1-15-6-5-9-23(16(15)2)30-25(32)21(24(31)29-26(30)33)14-19-13-20(27)11-10-17(19)12-18-7-3-4-8-22(18)28/h3-11,13-14H,12H2,1-2H3,(H,29,31,33)/b21-14+. The molecule has 1 saturated heterocycles. The van der Waals surface area contributed by atoms with Crippen molar-refractivity contribution in [1.82, 2.24) is 5.32 Å². The SMILES string of the molecule is Cc1cccc(N2C(=O)NC(=O)/C(=C\c3cc(Cl)ccc3Cc3ccccc3Cl)C2=O)c1C. The highest BCUT2D eigenvalue weighted by atomic mass is 35.5. The number of anilines is 1. The summed E-state index contributed by atoms with van der Waals surface area (Å²) in [5.41, 5.74) is 4.29. The summed E-state index contributed by atoms with van der Waals surface area (Å²) in [6.45, 7) is 3.71. The van der Waals surface area contributed by atoms with E-state index < -0.39 is 17.8 Å². The number of nitrogens with zero attached hydrogens (tertiary/aromatic N) is 1. The fourth-order valence-electron chi connectivity index (χ4n) is 3.72. The van der Waals surface area contributed by atoms with Crippen molar-refractivity contribution >= 4 is 52.8 Å². The number of carbonyl (C=O) groups excluding carboxylic acids is 3. The number of hydrogen-bond donors (Lipinski definition) is 1. The van der Waals surface area contributed by atoms with Gasteiger partial charge < -0.3 is 0 Å². The third kappa shape index (κ3) is 4.56. The van der Waals surface area contributed by atoms with Crippen molar-refractivity contribution in [3.63, 3.8) is 0 Å². The van der Waals surface area contributed by atoms with Gasteiger partial charge >= 0.3 is 6.03 Å². The fourth-order valence-corrected chi connectivity index (χ4v) is 4.10. The molecule has 166 valence electrons. The Bertz CT molecular complexity index is 1330. The summed E-state index contributed by atoms with van der Waals surface area (Å²) >= 11 is 12.5. The molecule has 1 heterocycles. The maximum Gasteiger partial charge on any atom is 0.335 e. The number of halogens is 2. The van der Waals surface area contributed by atoms with Gasteiger partial charge in [-0.15, -0.1) is 0 Å². The van der Waals surface area contributed by atoms with Crippen molar-refractivity contribution in [1.29, 1.82) is 0 Å². The highest BCUT2D eigenvalue weighted by molar-refractivity contribution is 6.39. The van der Waals surface area contributed by atoms with Gasteiger partial charge in [-0.3, -0.25) is 14.9 Å². The molecule has 0 aromatic heterocycles. The smallest absolute Gasteiger partial charge is 0.273 e. The summed E-state index contributed by atoms with van der Waals surface area (Å²) in [4.78, 5) is 39.6. The van der Waals surface area contributed by atoms with Gasteiger partial charge in [0.1, 0.15) is 5.57 Å². The summed E-state index contributed by atoms with van der Waals surface area (Å²) in [5.74, 6) is -1.45. The van der Waals surface area contributed by atoms with Crippen LogP contribution in [0.1, 0.15) is 27.8 Å². The molecule has 0 radical (unpaired) electrons. The molecule has 0 spiro atoms. The summed E-state index contributed by atoms with van der Waals surface area (Å²) in [5, 5.41) is 3.34. The molecule has 33 heavy (non-hydrogen) atoms. The summed E-state index contributed by atoms with van der Waals surface area (Å²) in [6.07, 6.45) is 1.95. The molecule has 0 atom stereocenters. The number of carbonyl (C=O) groups is 3. The van der Waals surface area contributed by atoms with Crippen LogP contribution >= 0.6 is 23.2 Å². The fraction of sp³-hybridized carbons (Fsp3) is 0.115. The Morgan fingerprint density at radius 3 is 2.42 bits per heavy atom. The van der Waals surface area contributed by atoms with Crippen LogP contribution in [0.2, 0.25) is 10.0 Å². The first kappa shape index (κ1) is 22.8. The predicted octanol–water partition coefficient (Wildman–Crippen LogP) is 5.87. The van der Waals surface area contributed by atoms with Gasteiger partial charge in [0.15, 0.2) is 0 Å². The quantitative estimate of drug-likeness (QED) is 0.376. The molecule has 1 aliphatic heterocycles. The number of nitrogens with one attached hydrogen (secondary N) is 1. The topological polar surface area (TPSA) is 66.5 Å².